The molecule has 0 aromatic heterocycles. The molecule has 2 saturated heterocycles. The maximum absolute atomic E-state index is 13.7. The summed E-state index contributed by atoms with van der Waals surface area (Å²) in [7, 11) is 0. The molecule has 0 spiro atoms. The molecule has 2 aromatic rings. The number of amides is 4. The Hall–Kier alpha value is -3.09. The van der Waals surface area contributed by atoms with Crippen LogP contribution in [0.15, 0.2) is 42.5 Å². The minimum absolute atomic E-state index is 0.0820. The van der Waals surface area contributed by atoms with Crippen LogP contribution >= 0.6 is 0 Å². The molecule has 0 aliphatic carbocycles. The van der Waals surface area contributed by atoms with Crippen LogP contribution in [0.1, 0.15) is 29.5 Å². The summed E-state index contributed by atoms with van der Waals surface area (Å²) in [5.74, 6) is -0.334. The minimum Gasteiger partial charge on any atom is -0.324 e. The average molecular weight is 425 g/mol. The summed E-state index contributed by atoms with van der Waals surface area (Å²) in [5.41, 5.74) is 3.35. The summed E-state index contributed by atoms with van der Waals surface area (Å²) < 4.78 is 13.7. The molecular weight excluding hydrogens is 395 g/mol. The number of nitrogens with zero attached hydrogens (tertiary/aromatic N) is 3. The number of carbonyl (C=O) groups excluding carboxylic acids is 2. The Morgan fingerprint density at radius 1 is 1.03 bits per heavy atom. The lowest BCUT2D eigenvalue weighted by atomic mass is 10.0. The van der Waals surface area contributed by atoms with Gasteiger partial charge in [0, 0.05) is 44.5 Å². The Balaban J connectivity index is 1.28. The molecule has 31 heavy (non-hydrogen) atoms. The van der Waals surface area contributed by atoms with Crippen molar-refractivity contribution in [1.82, 2.24) is 14.7 Å². The van der Waals surface area contributed by atoms with Gasteiger partial charge in [0.05, 0.1) is 0 Å². The van der Waals surface area contributed by atoms with E-state index in [1.54, 1.807) is 24.0 Å². The van der Waals surface area contributed by atoms with Gasteiger partial charge in [0.25, 0.3) is 0 Å². The lowest BCUT2D eigenvalue weighted by molar-refractivity contribution is 0.139. The molecule has 0 radical (unpaired) electrons. The van der Waals surface area contributed by atoms with Crippen LogP contribution in [0.25, 0.3) is 0 Å². The number of halogens is 1. The zero-order valence-electron chi connectivity index (χ0n) is 18.1. The molecule has 2 aliphatic heterocycles. The topological polar surface area (TPSA) is 55.9 Å². The van der Waals surface area contributed by atoms with Crippen molar-refractivity contribution in [3.05, 3.63) is 65.0 Å². The summed E-state index contributed by atoms with van der Waals surface area (Å²) in [6.07, 6.45) is 1.50. The van der Waals surface area contributed by atoms with E-state index in [0.717, 1.165) is 31.5 Å². The van der Waals surface area contributed by atoms with Crippen molar-refractivity contribution in [3.63, 3.8) is 0 Å². The lowest BCUT2D eigenvalue weighted by Gasteiger charge is -2.36. The first-order chi connectivity index (χ1) is 14.9. The molecule has 2 aliphatic rings. The Bertz CT molecular complexity index is 955. The first-order valence-corrected chi connectivity index (χ1v) is 10.8. The van der Waals surface area contributed by atoms with E-state index in [1.807, 2.05) is 9.80 Å². The summed E-state index contributed by atoms with van der Waals surface area (Å²) in [6.45, 7) is 6.98. The number of hydrogen-bond acceptors (Lipinski definition) is 2. The number of carbonyl (C=O) groups is 2. The first kappa shape index (κ1) is 21.2. The van der Waals surface area contributed by atoms with Crippen LogP contribution in [0.4, 0.5) is 19.7 Å². The van der Waals surface area contributed by atoms with Gasteiger partial charge in [-0.1, -0.05) is 35.9 Å². The normalized spacial score (nSPS) is 17.4. The van der Waals surface area contributed by atoms with Gasteiger partial charge in [0.15, 0.2) is 0 Å². The third-order valence-electron chi connectivity index (χ3n) is 6.24. The fourth-order valence-corrected chi connectivity index (χ4v) is 4.25. The molecule has 0 unspecified atom stereocenters. The van der Waals surface area contributed by atoms with Crippen molar-refractivity contribution >= 4 is 17.7 Å². The molecule has 2 heterocycles. The lowest BCUT2D eigenvalue weighted by Crippen LogP contribution is -2.49. The van der Waals surface area contributed by atoms with Crippen molar-refractivity contribution in [2.45, 2.75) is 39.3 Å². The Morgan fingerprint density at radius 3 is 2.42 bits per heavy atom. The highest BCUT2D eigenvalue weighted by Gasteiger charge is 2.36. The summed E-state index contributed by atoms with van der Waals surface area (Å²) in [6, 6.07) is 13.0. The number of likely N-dealkylation sites (tertiary alicyclic amines) is 1. The molecule has 164 valence electrons. The third-order valence-corrected chi connectivity index (χ3v) is 6.24. The number of piperidine rings is 1. The van der Waals surface area contributed by atoms with E-state index < -0.39 is 0 Å². The molecule has 4 amide bonds. The second kappa shape index (κ2) is 8.96. The smallest absolute Gasteiger partial charge is 0.321 e. The van der Waals surface area contributed by atoms with Gasteiger partial charge in [0.1, 0.15) is 5.82 Å². The zero-order chi connectivity index (χ0) is 22.0. The van der Waals surface area contributed by atoms with Crippen LogP contribution in [0.5, 0.6) is 0 Å². The van der Waals surface area contributed by atoms with Gasteiger partial charge in [-0.15, -0.1) is 0 Å². The first-order valence-electron chi connectivity index (χ1n) is 10.8. The van der Waals surface area contributed by atoms with E-state index in [1.165, 1.54) is 11.6 Å². The monoisotopic (exact) mass is 424 g/mol. The largest absolute Gasteiger partial charge is 0.324 e. The number of nitrogens with one attached hydrogen (secondary N) is 1. The quantitative estimate of drug-likeness (QED) is 0.792. The van der Waals surface area contributed by atoms with Gasteiger partial charge >= 0.3 is 12.1 Å². The molecule has 0 saturated carbocycles. The van der Waals surface area contributed by atoms with E-state index in [4.69, 9.17) is 0 Å². The number of anilines is 1. The van der Waals surface area contributed by atoms with E-state index in [-0.39, 0.29) is 23.9 Å². The van der Waals surface area contributed by atoms with Gasteiger partial charge in [-0.05, 0) is 49.9 Å². The highest BCUT2D eigenvalue weighted by molar-refractivity contribution is 5.89. The predicted octanol–water partition coefficient (Wildman–Crippen LogP) is 4.38. The van der Waals surface area contributed by atoms with Crippen LogP contribution in [-0.2, 0) is 6.54 Å². The molecule has 4 rings (SSSR count). The van der Waals surface area contributed by atoms with Crippen LogP contribution in [-0.4, -0.2) is 59.0 Å². The van der Waals surface area contributed by atoms with E-state index in [9.17, 15) is 14.0 Å². The fraction of sp³-hybridized carbons (Fsp3) is 0.417. The number of urea groups is 2. The number of benzene rings is 2. The van der Waals surface area contributed by atoms with Crippen LogP contribution in [0.2, 0.25) is 0 Å². The van der Waals surface area contributed by atoms with Crippen molar-refractivity contribution in [3.8, 4) is 0 Å². The molecule has 6 nitrogen and oxygen atoms in total. The maximum atomic E-state index is 13.7. The fourth-order valence-electron chi connectivity index (χ4n) is 4.25. The number of rotatable bonds is 4. The van der Waals surface area contributed by atoms with Crippen molar-refractivity contribution in [2.24, 2.45) is 0 Å². The highest BCUT2D eigenvalue weighted by Crippen LogP contribution is 2.23. The van der Waals surface area contributed by atoms with Crippen LogP contribution < -0.4 is 5.32 Å². The SMILES string of the molecule is Cc1ccc(CN2CCN(C3CCN(C(=O)Nc4ccc(C)c(F)c4)CC3)C2=O)cc1. The molecule has 0 atom stereocenters. The second-order valence-electron chi connectivity index (χ2n) is 8.50. The summed E-state index contributed by atoms with van der Waals surface area (Å²) >= 11 is 0. The Labute approximate surface area is 182 Å². The van der Waals surface area contributed by atoms with E-state index in [0.29, 0.717) is 30.9 Å². The Morgan fingerprint density at radius 2 is 1.74 bits per heavy atom. The van der Waals surface area contributed by atoms with Crippen LogP contribution in [0, 0.1) is 19.7 Å². The molecular formula is C24H29FN4O2. The summed E-state index contributed by atoms with van der Waals surface area (Å²) in [4.78, 5) is 31.0. The maximum Gasteiger partial charge on any atom is 0.321 e. The molecule has 2 fully saturated rings. The standard InChI is InChI=1S/C24H29FN4O2/c1-17-3-6-19(7-4-17)16-28-13-14-29(24(28)31)21-9-11-27(12-10-21)23(30)26-20-8-5-18(2)22(25)15-20/h3-8,15,21H,9-14,16H2,1-2H3,(H,26,30). The zero-order valence-corrected chi connectivity index (χ0v) is 18.1. The van der Waals surface area contributed by atoms with Crippen molar-refractivity contribution in [2.75, 3.05) is 31.5 Å². The van der Waals surface area contributed by atoms with Gasteiger partial charge in [-0.2, -0.15) is 0 Å². The molecule has 0 bridgehead atoms. The van der Waals surface area contributed by atoms with Gasteiger partial charge in [0.2, 0.25) is 0 Å². The van der Waals surface area contributed by atoms with Gasteiger partial charge in [-0.3, -0.25) is 0 Å². The molecule has 2 aromatic carbocycles. The van der Waals surface area contributed by atoms with Crippen LogP contribution in [0.3, 0.4) is 0 Å². The highest BCUT2D eigenvalue weighted by atomic mass is 19.1. The Kier molecular flexibility index (Phi) is 6.11. The van der Waals surface area contributed by atoms with Gasteiger partial charge in [-0.25, -0.2) is 14.0 Å². The average Bonchev–Trinajstić information content (AvgIpc) is 3.12. The third kappa shape index (κ3) is 4.81. The van der Waals surface area contributed by atoms with E-state index >= 15 is 0 Å². The minimum atomic E-state index is -0.334. The summed E-state index contributed by atoms with van der Waals surface area (Å²) in [5, 5.41) is 2.77. The van der Waals surface area contributed by atoms with Gasteiger partial charge < -0.3 is 20.0 Å². The van der Waals surface area contributed by atoms with E-state index in [2.05, 4.69) is 36.5 Å². The van der Waals surface area contributed by atoms with Crippen molar-refractivity contribution < 1.29 is 14.0 Å². The number of aryl methyl sites for hydroxylation is 2. The second-order valence-corrected chi connectivity index (χ2v) is 8.50. The van der Waals surface area contributed by atoms with Crippen molar-refractivity contribution in [1.29, 1.82) is 0 Å². The molecule has 1 N–H and O–H groups in total. The molecule has 7 heteroatoms. The number of hydrogen-bond donors (Lipinski definition) is 1. The predicted molar refractivity (Wildman–Crippen MR) is 118 cm³/mol.